The molecule has 1 atom stereocenters. The van der Waals surface area contributed by atoms with E-state index in [1.807, 2.05) is 0 Å². The molecule has 0 aliphatic rings. The molecule has 0 aromatic carbocycles. The van der Waals surface area contributed by atoms with E-state index >= 15 is 0 Å². The Hall–Kier alpha value is -3.34. The minimum Gasteiger partial charge on any atom is -0.448 e. The molecular weight excluding hydrogens is 360 g/mol. The van der Waals surface area contributed by atoms with E-state index in [1.165, 1.54) is 32.6 Å². The Labute approximate surface area is 151 Å². The Kier molecular flexibility index (Phi) is 4.89. The third-order valence-electron chi connectivity index (χ3n) is 3.22. The molecule has 10 nitrogen and oxygen atoms in total. The summed E-state index contributed by atoms with van der Waals surface area (Å²) in [5.41, 5.74) is 0.876. The first kappa shape index (κ1) is 17.5. The smallest absolute Gasteiger partial charge is 0.349 e. The van der Waals surface area contributed by atoms with Gasteiger partial charge in [-0.3, -0.25) is 9.59 Å². The number of thiophene rings is 1. The van der Waals surface area contributed by atoms with Crippen molar-refractivity contribution in [1.82, 2.24) is 19.9 Å². The Bertz CT molecular complexity index is 981. The molecule has 0 saturated carbocycles. The Morgan fingerprint density at radius 2 is 2.00 bits per heavy atom. The summed E-state index contributed by atoms with van der Waals surface area (Å²) in [5.74, 6) is -1.21. The second-order valence-electron chi connectivity index (χ2n) is 5.21. The lowest BCUT2D eigenvalue weighted by Gasteiger charge is -2.12. The predicted molar refractivity (Wildman–Crippen MR) is 93.8 cm³/mol. The fourth-order valence-corrected chi connectivity index (χ4v) is 2.87. The number of imidazole rings is 1. The van der Waals surface area contributed by atoms with Crippen LogP contribution in [-0.4, -0.2) is 43.8 Å². The third kappa shape index (κ3) is 3.83. The van der Waals surface area contributed by atoms with Gasteiger partial charge in [-0.05, 0) is 19.1 Å². The molecule has 2 amide bonds. The van der Waals surface area contributed by atoms with Crippen LogP contribution in [0.15, 0.2) is 24.8 Å². The Morgan fingerprint density at radius 1 is 1.19 bits per heavy atom. The molecule has 0 spiro atoms. The average molecular weight is 374 g/mol. The van der Waals surface area contributed by atoms with Crippen molar-refractivity contribution in [3.05, 3.63) is 29.7 Å². The fourth-order valence-electron chi connectivity index (χ4n) is 2.04. The molecule has 0 aliphatic heterocycles. The van der Waals surface area contributed by atoms with Crippen LogP contribution in [0.25, 0.3) is 11.2 Å². The van der Waals surface area contributed by atoms with Crippen LogP contribution in [0.5, 0.6) is 0 Å². The molecule has 0 radical (unpaired) electrons. The Balaban J connectivity index is 1.63. The molecule has 3 heterocycles. The number of H-pyrrole nitrogens is 1. The quantitative estimate of drug-likeness (QED) is 0.576. The minimum absolute atomic E-state index is 0.240. The molecule has 3 N–H and O–H groups in total. The van der Waals surface area contributed by atoms with E-state index in [0.717, 1.165) is 11.3 Å². The topological polar surface area (TPSA) is 139 Å². The van der Waals surface area contributed by atoms with Gasteiger partial charge in [-0.1, -0.05) is 0 Å². The van der Waals surface area contributed by atoms with Gasteiger partial charge in [0.15, 0.2) is 17.6 Å². The minimum atomic E-state index is -1.05. The highest BCUT2D eigenvalue weighted by molar-refractivity contribution is 7.18. The zero-order valence-corrected chi connectivity index (χ0v) is 14.6. The van der Waals surface area contributed by atoms with Crippen LogP contribution < -0.4 is 10.6 Å². The summed E-state index contributed by atoms with van der Waals surface area (Å²) in [5, 5.41) is 5.66. The molecule has 3 aromatic rings. The summed E-state index contributed by atoms with van der Waals surface area (Å²) in [6.45, 7) is 2.81. The molecule has 11 heteroatoms. The zero-order chi connectivity index (χ0) is 18.7. The molecule has 3 aromatic heterocycles. The molecule has 0 saturated heterocycles. The van der Waals surface area contributed by atoms with Gasteiger partial charge in [0.1, 0.15) is 16.7 Å². The summed E-state index contributed by atoms with van der Waals surface area (Å²) in [6.07, 6.45) is 1.65. The van der Waals surface area contributed by atoms with Crippen LogP contribution in [-0.2, 0) is 14.3 Å². The van der Waals surface area contributed by atoms with Crippen LogP contribution in [0.1, 0.15) is 23.5 Å². The number of nitrogens with one attached hydrogen (secondary N) is 3. The van der Waals surface area contributed by atoms with Gasteiger partial charge in [-0.2, -0.15) is 0 Å². The lowest BCUT2D eigenvalue weighted by atomic mass is 10.3. The first-order valence-corrected chi connectivity index (χ1v) is 8.29. The number of ether oxygens (including phenoxy) is 1. The van der Waals surface area contributed by atoms with Crippen LogP contribution in [0.3, 0.4) is 0 Å². The van der Waals surface area contributed by atoms with E-state index in [4.69, 9.17) is 4.74 Å². The number of hydrogen-bond donors (Lipinski definition) is 3. The lowest BCUT2D eigenvalue weighted by molar-refractivity contribution is -0.123. The van der Waals surface area contributed by atoms with E-state index < -0.39 is 18.0 Å². The highest BCUT2D eigenvalue weighted by Crippen LogP contribution is 2.23. The first-order valence-electron chi connectivity index (χ1n) is 7.47. The summed E-state index contributed by atoms with van der Waals surface area (Å²) in [4.78, 5) is 50.4. The molecule has 0 bridgehead atoms. The molecular formula is C15H14N6O4S. The number of anilines is 2. The van der Waals surface area contributed by atoms with E-state index in [0.29, 0.717) is 16.2 Å². The summed E-state index contributed by atoms with van der Waals surface area (Å²) in [7, 11) is 0. The second kappa shape index (κ2) is 7.27. The number of amides is 2. The van der Waals surface area contributed by atoms with Crippen molar-refractivity contribution in [2.75, 3.05) is 10.6 Å². The van der Waals surface area contributed by atoms with Crippen molar-refractivity contribution in [2.24, 2.45) is 0 Å². The predicted octanol–water partition coefficient (Wildman–Crippen LogP) is 1.56. The number of hydrogen-bond acceptors (Lipinski definition) is 8. The van der Waals surface area contributed by atoms with Crippen molar-refractivity contribution < 1.29 is 19.1 Å². The first-order chi connectivity index (χ1) is 12.4. The van der Waals surface area contributed by atoms with Gasteiger partial charge < -0.3 is 20.4 Å². The lowest BCUT2D eigenvalue weighted by Crippen LogP contribution is -2.30. The van der Waals surface area contributed by atoms with E-state index in [-0.39, 0.29) is 16.6 Å². The SMILES string of the molecule is CC(=O)Nc1ccc(C(=O)OC(C)C(=O)Nc2ncnc3nc[nH]c23)s1. The summed E-state index contributed by atoms with van der Waals surface area (Å²) < 4.78 is 5.16. The van der Waals surface area contributed by atoms with Gasteiger partial charge in [0, 0.05) is 6.92 Å². The van der Waals surface area contributed by atoms with E-state index in [9.17, 15) is 14.4 Å². The standard InChI is InChI=1S/C15H14N6O4S/c1-7(25-15(24)9-3-4-10(26-9)20-8(2)22)14(23)21-13-11-12(17-5-16-11)18-6-19-13/h3-7H,1-2H3,(H,20,22)(H2,16,17,18,19,21,23). The van der Waals surface area contributed by atoms with Crippen LogP contribution in [0.4, 0.5) is 10.8 Å². The van der Waals surface area contributed by atoms with Gasteiger partial charge in [-0.25, -0.2) is 19.7 Å². The number of rotatable bonds is 5. The summed E-state index contributed by atoms with van der Waals surface area (Å²) >= 11 is 1.06. The normalized spacial score (nSPS) is 11.8. The third-order valence-corrected chi connectivity index (χ3v) is 4.20. The fraction of sp³-hybridized carbons (Fsp3) is 0.200. The number of carbonyl (C=O) groups excluding carboxylic acids is 3. The molecule has 0 aliphatic carbocycles. The number of nitrogens with zero attached hydrogens (tertiary/aromatic N) is 3. The highest BCUT2D eigenvalue weighted by Gasteiger charge is 2.21. The number of aromatic nitrogens is 4. The van der Waals surface area contributed by atoms with Gasteiger partial charge in [0.05, 0.1) is 11.3 Å². The van der Waals surface area contributed by atoms with Gasteiger partial charge in [-0.15, -0.1) is 11.3 Å². The van der Waals surface area contributed by atoms with E-state index in [1.54, 1.807) is 6.07 Å². The van der Waals surface area contributed by atoms with Crippen LogP contribution in [0, 0.1) is 0 Å². The van der Waals surface area contributed by atoms with E-state index in [2.05, 4.69) is 30.6 Å². The highest BCUT2D eigenvalue weighted by atomic mass is 32.1. The van der Waals surface area contributed by atoms with Crippen molar-refractivity contribution in [1.29, 1.82) is 0 Å². The average Bonchev–Trinajstić information content (AvgIpc) is 3.23. The molecule has 134 valence electrons. The zero-order valence-electron chi connectivity index (χ0n) is 13.8. The van der Waals surface area contributed by atoms with Crippen LogP contribution >= 0.6 is 11.3 Å². The maximum atomic E-state index is 12.3. The van der Waals surface area contributed by atoms with Crippen molar-refractivity contribution in [3.63, 3.8) is 0 Å². The number of carbonyl (C=O) groups is 3. The van der Waals surface area contributed by atoms with Crippen LogP contribution in [0.2, 0.25) is 0 Å². The molecule has 0 fully saturated rings. The molecule has 3 rings (SSSR count). The maximum Gasteiger partial charge on any atom is 0.349 e. The van der Waals surface area contributed by atoms with Gasteiger partial charge in [0.2, 0.25) is 5.91 Å². The van der Waals surface area contributed by atoms with Crippen molar-refractivity contribution in [2.45, 2.75) is 20.0 Å². The second-order valence-corrected chi connectivity index (χ2v) is 6.29. The summed E-state index contributed by atoms with van der Waals surface area (Å²) in [6, 6.07) is 3.10. The molecule has 1 unspecified atom stereocenters. The van der Waals surface area contributed by atoms with Gasteiger partial charge >= 0.3 is 5.97 Å². The van der Waals surface area contributed by atoms with Crippen molar-refractivity contribution in [3.8, 4) is 0 Å². The number of fused-ring (bicyclic) bond motifs is 1. The Morgan fingerprint density at radius 3 is 2.77 bits per heavy atom. The number of aromatic amines is 1. The van der Waals surface area contributed by atoms with Crippen molar-refractivity contribution >= 4 is 51.1 Å². The molecule has 26 heavy (non-hydrogen) atoms. The number of esters is 1. The monoisotopic (exact) mass is 374 g/mol. The largest absolute Gasteiger partial charge is 0.448 e. The maximum absolute atomic E-state index is 12.3. The van der Waals surface area contributed by atoms with Gasteiger partial charge in [0.25, 0.3) is 5.91 Å².